The number of anilines is 2. The van der Waals surface area contributed by atoms with Crippen molar-refractivity contribution in [2.24, 2.45) is 11.5 Å². The maximum absolute atomic E-state index is 13.6. The number of hydrogen-bond donors (Lipinski definition) is 3. The molecular formula is C34H47Cl2N5O6. The van der Waals surface area contributed by atoms with E-state index in [1.807, 2.05) is 25.1 Å². The fourth-order valence-corrected chi connectivity index (χ4v) is 4.55. The Kier molecular flexibility index (Phi) is 18.3. The number of methoxy groups -OCH3 is 1. The number of hydrogen-bond acceptors (Lipinski definition) is 8. The van der Waals surface area contributed by atoms with Gasteiger partial charge in [0, 0.05) is 39.2 Å². The number of para-hydroxylation sites is 1. The number of amides is 3. The first-order valence-electron chi connectivity index (χ1n) is 15.1. The molecule has 0 aliphatic heterocycles. The van der Waals surface area contributed by atoms with Gasteiger partial charge in [-0.05, 0) is 80.8 Å². The summed E-state index contributed by atoms with van der Waals surface area (Å²) in [5.41, 5.74) is 13.8. The Bertz CT molecular complexity index is 1460. The monoisotopic (exact) mass is 691 g/mol. The molecular weight excluding hydrogens is 645 g/mol. The number of ether oxygens (including phenoxy) is 3. The average Bonchev–Trinajstić information content (AvgIpc) is 3.04. The fourth-order valence-electron chi connectivity index (χ4n) is 4.55. The van der Waals surface area contributed by atoms with Crippen molar-refractivity contribution in [3.63, 3.8) is 0 Å². The Morgan fingerprint density at radius 1 is 0.809 bits per heavy atom. The van der Waals surface area contributed by atoms with Crippen LogP contribution in [-0.4, -0.2) is 76.7 Å². The van der Waals surface area contributed by atoms with E-state index >= 15 is 0 Å². The number of carbonyl (C=O) groups is 3. The number of benzene rings is 3. The maximum Gasteiger partial charge on any atom is 0.259 e. The highest BCUT2D eigenvalue weighted by molar-refractivity contribution is 6.09. The molecule has 0 aromatic heterocycles. The maximum atomic E-state index is 13.6. The van der Waals surface area contributed by atoms with Gasteiger partial charge in [-0.2, -0.15) is 0 Å². The van der Waals surface area contributed by atoms with Gasteiger partial charge in [-0.15, -0.1) is 24.8 Å². The van der Waals surface area contributed by atoms with Crippen LogP contribution in [0.4, 0.5) is 11.4 Å². The number of halogens is 2. The molecule has 0 radical (unpaired) electrons. The first-order chi connectivity index (χ1) is 21.7. The number of nitrogens with one attached hydrogen (secondary N) is 1. The summed E-state index contributed by atoms with van der Waals surface area (Å²) in [6.45, 7) is 4.23. The van der Waals surface area contributed by atoms with E-state index in [0.29, 0.717) is 85.4 Å². The minimum atomic E-state index is -0.372. The van der Waals surface area contributed by atoms with E-state index in [0.717, 1.165) is 18.4 Å². The number of nitrogens with two attached hydrogens (primary N) is 2. The molecule has 0 saturated carbocycles. The zero-order valence-corrected chi connectivity index (χ0v) is 29.1. The van der Waals surface area contributed by atoms with E-state index in [2.05, 4.69) is 5.32 Å². The highest BCUT2D eigenvalue weighted by Crippen LogP contribution is 2.32. The van der Waals surface area contributed by atoms with Crippen LogP contribution in [0.2, 0.25) is 0 Å². The lowest BCUT2D eigenvalue weighted by atomic mass is 10.1. The number of rotatable bonds is 17. The second-order valence-corrected chi connectivity index (χ2v) is 10.6. The SMILES string of the molecule is COc1cc(C(=O)N(C)c2ccc(C)cc2OCCCCN(C)C(=O)CCN)ccc1NC(=O)c1ccccc1OCCCN.Cl.Cl. The standard InChI is InChI=1S/C34H45N5O6.2ClH/c1-24-12-15-28(31(22-24)45-20-8-7-19-38(2)32(40)16-18-36)39(3)34(42)25-13-14-27(30(23-25)43-4)37-33(41)26-10-5-6-11-29(26)44-21-9-17-35;;/h5-6,10-15,22-23H,7-9,16-21,35-36H2,1-4H3,(H,37,41);2*1H. The Labute approximate surface area is 289 Å². The first kappa shape index (κ1) is 41.0. The Morgan fingerprint density at radius 2 is 1.51 bits per heavy atom. The largest absolute Gasteiger partial charge is 0.495 e. The first-order valence-corrected chi connectivity index (χ1v) is 15.1. The van der Waals surface area contributed by atoms with Crippen molar-refractivity contribution in [1.29, 1.82) is 0 Å². The summed E-state index contributed by atoms with van der Waals surface area (Å²) in [5, 5.41) is 2.86. The van der Waals surface area contributed by atoms with Crippen LogP contribution in [0.1, 0.15) is 52.0 Å². The second kappa shape index (κ2) is 21.0. The molecule has 0 unspecified atom stereocenters. The molecule has 3 aromatic carbocycles. The molecule has 5 N–H and O–H groups in total. The lowest BCUT2D eigenvalue weighted by molar-refractivity contribution is -0.129. The van der Waals surface area contributed by atoms with Crippen LogP contribution < -0.4 is 35.9 Å². The molecule has 0 aliphatic rings. The minimum Gasteiger partial charge on any atom is -0.495 e. The quantitative estimate of drug-likeness (QED) is 0.166. The van der Waals surface area contributed by atoms with Crippen LogP contribution in [0.5, 0.6) is 17.2 Å². The van der Waals surface area contributed by atoms with Gasteiger partial charge in [0.05, 0.1) is 37.3 Å². The van der Waals surface area contributed by atoms with Gasteiger partial charge < -0.3 is 40.8 Å². The molecule has 11 nitrogen and oxygen atoms in total. The van der Waals surface area contributed by atoms with Gasteiger partial charge in [-0.25, -0.2) is 0 Å². The van der Waals surface area contributed by atoms with Crippen LogP contribution in [0.15, 0.2) is 60.7 Å². The van der Waals surface area contributed by atoms with Gasteiger partial charge in [-0.1, -0.05) is 18.2 Å². The van der Waals surface area contributed by atoms with Crippen LogP contribution in [0.3, 0.4) is 0 Å². The summed E-state index contributed by atoms with van der Waals surface area (Å²) >= 11 is 0. The second-order valence-electron chi connectivity index (χ2n) is 10.6. The summed E-state index contributed by atoms with van der Waals surface area (Å²) in [6.07, 6.45) is 2.52. The molecule has 13 heteroatoms. The van der Waals surface area contributed by atoms with E-state index in [4.69, 9.17) is 25.7 Å². The van der Waals surface area contributed by atoms with Crippen molar-refractivity contribution in [2.75, 3.05) is 64.3 Å². The summed E-state index contributed by atoms with van der Waals surface area (Å²) in [7, 11) is 4.93. The van der Waals surface area contributed by atoms with Crippen molar-refractivity contribution in [1.82, 2.24) is 4.90 Å². The summed E-state index contributed by atoms with van der Waals surface area (Å²) < 4.78 is 17.4. The van der Waals surface area contributed by atoms with Crippen molar-refractivity contribution >= 4 is 53.9 Å². The average molecular weight is 693 g/mol. The van der Waals surface area contributed by atoms with Gasteiger partial charge in [0.25, 0.3) is 11.8 Å². The van der Waals surface area contributed by atoms with Crippen molar-refractivity contribution in [3.8, 4) is 17.2 Å². The van der Waals surface area contributed by atoms with Crippen molar-refractivity contribution < 1.29 is 28.6 Å². The number of carbonyl (C=O) groups excluding carboxylic acids is 3. The molecule has 47 heavy (non-hydrogen) atoms. The van der Waals surface area contributed by atoms with E-state index < -0.39 is 0 Å². The van der Waals surface area contributed by atoms with Gasteiger partial charge in [0.2, 0.25) is 5.91 Å². The number of nitrogens with zero attached hydrogens (tertiary/aromatic N) is 2. The highest BCUT2D eigenvalue weighted by atomic mass is 35.5. The number of aryl methyl sites for hydroxylation is 1. The van der Waals surface area contributed by atoms with Crippen molar-refractivity contribution in [3.05, 3.63) is 77.4 Å². The third kappa shape index (κ3) is 11.9. The van der Waals surface area contributed by atoms with E-state index in [1.165, 1.54) is 12.0 Å². The van der Waals surface area contributed by atoms with E-state index in [1.54, 1.807) is 61.5 Å². The fraction of sp³-hybridized carbons (Fsp3) is 0.382. The van der Waals surface area contributed by atoms with Gasteiger partial charge in [-0.3, -0.25) is 14.4 Å². The molecule has 3 aromatic rings. The summed E-state index contributed by atoms with van der Waals surface area (Å²) in [5.74, 6) is 0.750. The third-order valence-electron chi connectivity index (χ3n) is 7.15. The van der Waals surface area contributed by atoms with Crippen LogP contribution in [0.25, 0.3) is 0 Å². The Hall–Kier alpha value is -4.03. The lowest BCUT2D eigenvalue weighted by Gasteiger charge is -2.22. The molecule has 0 aliphatic carbocycles. The molecule has 3 amide bonds. The third-order valence-corrected chi connectivity index (χ3v) is 7.15. The predicted molar refractivity (Wildman–Crippen MR) is 191 cm³/mol. The Morgan fingerprint density at radius 3 is 2.21 bits per heavy atom. The zero-order valence-electron chi connectivity index (χ0n) is 27.5. The number of unbranched alkanes of at least 4 members (excludes halogenated alkanes) is 1. The van der Waals surface area contributed by atoms with Gasteiger partial charge in [0.15, 0.2) is 0 Å². The van der Waals surface area contributed by atoms with E-state index in [9.17, 15) is 14.4 Å². The molecule has 0 heterocycles. The topological polar surface area (TPSA) is 149 Å². The van der Waals surface area contributed by atoms with E-state index in [-0.39, 0.29) is 42.5 Å². The molecule has 0 bridgehead atoms. The highest BCUT2D eigenvalue weighted by Gasteiger charge is 2.21. The molecule has 0 atom stereocenters. The molecule has 3 rings (SSSR count). The lowest BCUT2D eigenvalue weighted by Crippen LogP contribution is -2.29. The van der Waals surface area contributed by atoms with Crippen LogP contribution in [0, 0.1) is 6.92 Å². The van der Waals surface area contributed by atoms with Gasteiger partial charge in [0.1, 0.15) is 17.2 Å². The molecule has 0 fully saturated rings. The Balaban J connectivity index is 0.00000552. The zero-order chi connectivity index (χ0) is 32.8. The molecule has 258 valence electrons. The summed E-state index contributed by atoms with van der Waals surface area (Å²) in [4.78, 5) is 41.9. The smallest absolute Gasteiger partial charge is 0.259 e. The van der Waals surface area contributed by atoms with Gasteiger partial charge >= 0.3 is 0 Å². The molecule has 0 spiro atoms. The van der Waals surface area contributed by atoms with Crippen LogP contribution in [-0.2, 0) is 4.79 Å². The predicted octanol–water partition coefficient (Wildman–Crippen LogP) is 5.07. The summed E-state index contributed by atoms with van der Waals surface area (Å²) in [6, 6.07) is 17.5. The van der Waals surface area contributed by atoms with Crippen LogP contribution >= 0.6 is 24.8 Å². The normalized spacial score (nSPS) is 10.2. The molecule has 0 saturated heterocycles. The van der Waals surface area contributed by atoms with Crippen molar-refractivity contribution in [2.45, 2.75) is 32.6 Å². The minimum absolute atomic E-state index is 0.